The third kappa shape index (κ3) is 1.89. The normalized spacial score (nSPS) is 22.8. The summed E-state index contributed by atoms with van der Waals surface area (Å²) in [5, 5.41) is 0. The molecule has 0 saturated heterocycles. The minimum atomic E-state index is 0.266. The highest BCUT2D eigenvalue weighted by molar-refractivity contribution is 4.96. The first-order chi connectivity index (χ1) is 6.19. The van der Waals surface area contributed by atoms with Gasteiger partial charge in [-0.2, -0.15) is 0 Å². The molecule has 0 heterocycles. The Labute approximate surface area is 82.5 Å². The van der Waals surface area contributed by atoms with Crippen LogP contribution in [-0.2, 0) is 0 Å². The van der Waals surface area contributed by atoms with Crippen LogP contribution in [0.1, 0.15) is 40.0 Å². The Kier molecular flexibility index (Phi) is 3.74. The second kappa shape index (κ2) is 4.43. The molecule has 1 aliphatic carbocycles. The molecule has 0 amide bonds. The van der Waals surface area contributed by atoms with E-state index in [4.69, 9.17) is 5.73 Å². The first kappa shape index (κ1) is 11.0. The van der Waals surface area contributed by atoms with Crippen LogP contribution in [-0.4, -0.2) is 30.1 Å². The zero-order valence-electron chi connectivity index (χ0n) is 9.34. The van der Waals surface area contributed by atoms with E-state index in [2.05, 4.69) is 25.7 Å². The highest BCUT2D eigenvalue weighted by Crippen LogP contribution is 2.38. The number of hydrogen-bond donors (Lipinski definition) is 1. The van der Waals surface area contributed by atoms with Crippen LogP contribution in [0.2, 0.25) is 0 Å². The Balaban J connectivity index is 2.64. The molecule has 2 nitrogen and oxygen atoms in total. The molecule has 78 valence electrons. The molecule has 0 aromatic carbocycles. The Hall–Kier alpha value is -0.0800. The minimum Gasteiger partial charge on any atom is -0.329 e. The number of likely N-dealkylation sites (N-methyl/N-ethyl adjacent to an activating group) is 1. The van der Waals surface area contributed by atoms with Gasteiger partial charge in [-0.3, -0.25) is 4.90 Å². The van der Waals surface area contributed by atoms with Gasteiger partial charge in [-0.05, 0) is 38.8 Å². The van der Waals surface area contributed by atoms with Gasteiger partial charge in [-0.25, -0.2) is 0 Å². The van der Waals surface area contributed by atoms with Crippen LogP contribution in [0.3, 0.4) is 0 Å². The Morgan fingerprint density at radius 1 is 1.31 bits per heavy atom. The van der Waals surface area contributed by atoms with Crippen LogP contribution in [0.25, 0.3) is 0 Å². The molecule has 1 rings (SSSR count). The first-order valence-corrected chi connectivity index (χ1v) is 5.64. The smallest absolute Gasteiger partial charge is 0.0331 e. The van der Waals surface area contributed by atoms with Gasteiger partial charge in [0.1, 0.15) is 0 Å². The highest BCUT2D eigenvalue weighted by Gasteiger charge is 2.40. The molecule has 1 unspecified atom stereocenters. The zero-order valence-corrected chi connectivity index (χ0v) is 9.34. The third-order valence-electron chi connectivity index (χ3n) is 3.88. The zero-order chi connectivity index (χ0) is 9.90. The molecule has 1 atom stereocenters. The lowest BCUT2D eigenvalue weighted by atomic mass is 9.70. The predicted molar refractivity (Wildman–Crippen MR) is 57.7 cm³/mol. The molecule has 0 bridgehead atoms. The van der Waals surface area contributed by atoms with Crippen molar-refractivity contribution in [2.45, 2.75) is 45.6 Å². The maximum atomic E-state index is 5.93. The van der Waals surface area contributed by atoms with Gasteiger partial charge in [0, 0.05) is 12.1 Å². The van der Waals surface area contributed by atoms with Crippen LogP contribution < -0.4 is 5.73 Å². The van der Waals surface area contributed by atoms with Crippen LogP contribution in [0.5, 0.6) is 0 Å². The molecular formula is C11H24N2. The molecule has 0 spiro atoms. The summed E-state index contributed by atoms with van der Waals surface area (Å²) in [6.45, 7) is 9.86. The average Bonchev–Trinajstić information content (AvgIpc) is 2.03. The van der Waals surface area contributed by atoms with Crippen molar-refractivity contribution in [1.82, 2.24) is 4.90 Å². The molecule has 1 fully saturated rings. The SMILES string of the molecule is CCN(CC)C(C)(CN)C1CCC1. The fourth-order valence-electron chi connectivity index (χ4n) is 2.53. The summed E-state index contributed by atoms with van der Waals surface area (Å²) >= 11 is 0. The fraction of sp³-hybridized carbons (Fsp3) is 1.00. The van der Waals surface area contributed by atoms with E-state index in [-0.39, 0.29) is 5.54 Å². The van der Waals surface area contributed by atoms with Gasteiger partial charge in [-0.15, -0.1) is 0 Å². The van der Waals surface area contributed by atoms with Crippen LogP contribution >= 0.6 is 0 Å². The highest BCUT2D eigenvalue weighted by atomic mass is 15.2. The summed E-state index contributed by atoms with van der Waals surface area (Å²) in [5.74, 6) is 0.845. The lowest BCUT2D eigenvalue weighted by Crippen LogP contribution is -2.58. The number of nitrogens with zero attached hydrogens (tertiary/aromatic N) is 1. The summed E-state index contributed by atoms with van der Waals surface area (Å²) in [4.78, 5) is 2.52. The fourth-order valence-corrected chi connectivity index (χ4v) is 2.53. The molecule has 1 saturated carbocycles. The number of rotatable bonds is 5. The van der Waals surface area contributed by atoms with E-state index in [1.54, 1.807) is 0 Å². The lowest BCUT2D eigenvalue weighted by molar-refractivity contribution is 0.0240. The molecular weight excluding hydrogens is 160 g/mol. The Morgan fingerprint density at radius 2 is 1.85 bits per heavy atom. The topological polar surface area (TPSA) is 29.3 Å². The van der Waals surface area contributed by atoms with Gasteiger partial charge in [0.15, 0.2) is 0 Å². The van der Waals surface area contributed by atoms with Crippen molar-refractivity contribution in [3.8, 4) is 0 Å². The molecule has 2 N–H and O–H groups in total. The third-order valence-corrected chi connectivity index (χ3v) is 3.88. The van der Waals surface area contributed by atoms with Crippen molar-refractivity contribution in [1.29, 1.82) is 0 Å². The van der Waals surface area contributed by atoms with Crippen LogP contribution in [0.4, 0.5) is 0 Å². The Bertz CT molecular complexity index is 150. The van der Waals surface area contributed by atoms with Crippen molar-refractivity contribution < 1.29 is 0 Å². The summed E-state index contributed by atoms with van der Waals surface area (Å²) in [6.07, 6.45) is 4.16. The maximum absolute atomic E-state index is 5.93. The largest absolute Gasteiger partial charge is 0.329 e. The van der Waals surface area contributed by atoms with E-state index < -0.39 is 0 Å². The molecule has 0 radical (unpaired) electrons. The van der Waals surface area contributed by atoms with Crippen LogP contribution in [0, 0.1) is 5.92 Å². The molecule has 0 aromatic heterocycles. The van der Waals surface area contributed by atoms with E-state index in [0.29, 0.717) is 0 Å². The van der Waals surface area contributed by atoms with Crippen molar-refractivity contribution in [3.05, 3.63) is 0 Å². The quantitative estimate of drug-likeness (QED) is 0.706. The van der Waals surface area contributed by atoms with Crippen molar-refractivity contribution >= 4 is 0 Å². The maximum Gasteiger partial charge on any atom is 0.0331 e. The lowest BCUT2D eigenvalue weighted by Gasteiger charge is -2.49. The van der Waals surface area contributed by atoms with Gasteiger partial charge < -0.3 is 5.73 Å². The standard InChI is InChI=1S/C11H24N2/c1-4-13(5-2)11(3,9-12)10-7-6-8-10/h10H,4-9,12H2,1-3H3. The van der Waals surface area contributed by atoms with Gasteiger partial charge >= 0.3 is 0 Å². The van der Waals surface area contributed by atoms with E-state index in [9.17, 15) is 0 Å². The van der Waals surface area contributed by atoms with Crippen molar-refractivity contribution in [2.24, 2.45) is 11.7 Å². The molecule has 2 heteroatoms. The van der Waals surface area contributed by atoms with Gasteiger partial charge in [0.25, 0.3) is 0 Å². The van der Waals surface area contributed by atoms with E-state index in [1.807, 2.05) is 0 Å². The number of hydrogen-bond acceptors (Lipinski definition) is 2. The molecule has 1 aliphatic rings. The van der Waals surface area contributed by atoms with Crippen LogP contribution in [0.15, 0.2) is 0 Å². The molecule has 13 heavy (non-hydrogen) atoms. The van der Waals surface area contributed by atoms with E-state index in [1.165, 1.54) is 19.3 Å². The second-order valence-electron chi connectivity index (χ2n) is 4.36. The predicted octanol–water partition coefficient (Wildman–Crippen LogP) is 1.85. The Morgan fingerprint density at radius 3 is 2.08 bits per heavy atom. The average molecular weight is 184 g/mol. The van der Waals surface area contributed by atoms with Crippen molar-refractivity contribution in [2.75, 3.05) is 19.6 Å². The molecule has 0 aromatic rings. The van der Waals surface area contributed by atoms with Gasteiger partial charge in [0.2, 0.25) is 0 Å². The van der Waals surface area contributed by atoms with Gasteiger partial charge in [-0.1, -0.05) is 20.3 Å². The first-order valence-electron chi connectivity index (χ1n) is 5.64. The summed E-state index contributed by atoms with van der Waals surface area (Å²) < 4.78 is 0. The molecule has 0 aliphatic heterocycles. The van der Waals surface area contributed by atoms with Crippen molar-refractivity contribution in [3.63, 3.8) is 0 Å². The van der Waals surface area contributed by atoms with E-state index >= 15 is 0 Å². The summed E-state index contributed by atoms with van der Waals surface area (Å²) in [5.41, 5.74) is 6.19. The monoisotopic (exact) mass is 184 g/mol. The summed E-state index contributed by atoms with van der Waals surface area (Å²) in [6, 6.07) is 0. The van der Waals surface area contributed by atoms with Gasteiger partial charge in [0.05, 0.1) is 0 Å². The minimum absolute atomic E-state index is 0.266. The second-order valence-corrected chi connectivity index (χ2v) is 4.36. The number of nitrogens with two attached hydrogens (primary N) is 1. The summed E-state index contributed by atoms with van der Waals surface area (Å²) in [7, 11) is 0. The van der Waals surface area contributed by atoms with E-state index in [0.717, 1.165) is 25.6 Å².